The van der Waals surface area contributed by atoms with Crippen molar-refractivity contribution in [1.29, 1.82) is 0 Å². The van der Waals surface area contributed by atoms with E-state index in [2.05, 4.69) is 20.8 Å². The maximum Gasteiger partial charge on any atom is 0.337 e. The number of nitrogens with one attached hydrogen (secondary N) is 1. The number of aryl methyl sites for hydroxylation is 1. The number of amides is 1. The van der Waals surface area contributed by atoms with Gasteiger partial charge in [-0.3, -0.25) is 4.79 Å². The van der Waals surface area contributed by atoms with E-state index in [1.807, 2.05) is 6.92 Å². The fourth-order valence-electron chi connectivity index (χ4n) is 2.24. The molecule has 1 heterocycles. The van der Waals surface area contributed by atoms with Gasteiger partial charge >= 0.3 is 5.97 Å². The van der Waals surface area contributed by atoms with E-state index in [9.17, 15) is 9.59 Å². The molecule has 0 spiro atoms. The number of hydrogen-bond donors (Lipinski definition) is 1. The minimum Gasteiger partial charge on any atom is -0.465 e. The van der Waals surface area contributed by atoms with E-state index in [-0.39, 0.29) is 5.91 Å². The number of esters is 1. The SMILES string of the molecule is COC(=O)c1ccc(C)c(NC(=O)c2ccc(-n3cnnn3)cc2)c1. The third-order valence-corrected chi connectivity index (χ3v) is 3.65. The normalized spacial score (nSPS) is 10.3. The average molecular weight is 337 g/mol. The monoisotopic (exact) mass is 337 g/mol. The number of methoxy groups -OCH3 is 1. The van der Waals surface area contributed by atoms with Crippen molar-refractivity contribution in [3.8, 4) is 5.69 Å². The quantitative estimate of drug-likeness (QED) is 0.731. The molecule has 0 saturated carbocycles. The Morgan fingerprint density at radius 3 is 2.44 bits per heavy atom. The van der Waals surface area contributed by atoms with Crippen molar-refractivity contribution >= 4 is 17.6 Å². The van der Waals surface area contributed by atoms with Crippen LogP contribution in [0.3, 0.4) is 0 Å². The Balaban J connectivity index is 1.79. The van der Waals surface area contributed by atoms with Crippen molar-refractivity contribution in [2.45, 2.75) is 6.92 Å². The molecule has 0 bridgehead atoms. The molecule has 0 unspecified atom stereocenters. The van der Waals surface area contributed by atoms with Gasteiger partial charge in [-0.25, -0.2) is 9.48 Å². The molecule has 0 aliphatic carbocycles. The van der Waals surface area contributed by atoms with Gasteiger partial charge in [0.2, 0.25) is 0 Å². The lowest BCUT2D eigenvalue weighted by Crippen LogP contribution is -2.14. The number of carbonyl (C=O) groups is 2. The first-order valence-electron chi connectivity index (χ1n) is 7.42. The van der Waals surface area contributed by atoms with E-state index >= 15 is 0 Å². The van der Waals surface area contributed by atoms with E-state index < -0.39 is 5.97 Å². The molecule has 1 N–H and O–H groups in total. The standard InChI is InChI=1S/C17H15N5O3/c1-11-3-4-13(17(24)25-2)9-15(11)19-16(23)12-5-7-14(8-6-12)22-10-18-20-21-22/h3-10H,1-2H3,(H,19,23). The van der Waals surface area contributed by atoms with Gasteiger partial charge in [0.05, 0.1) is 18.4 Å². The van der Waals surface area contributed by atoms with E-state index in [1.165, 1.54) is 18.1 Å². The second-order valence-corrected chi connectivity index (χ2v) is 5.28. The molecule has 0 fully saturated rings. The van der Waals surface area contributed by atoms with Crippen molar-refractivity contribution in [3.05, 3.63) is 65.5 Å². The smallest absolute Gasteiger partial charge is 0.337 e. The molecule has 1 aromatic heterocycles. The van der Waals surface area contributed by atoms with Gasteiger partial charge in [-0.15, -0.1) is 5.10 Å². The van der Waals surface area contributed by atoms with E-state index in [1.54, 1.807) is 42.5 Å². The van der Waals surface area contributed by atoms with Gasteiger partial charge in [0.1, 0.15) is 6.33 Å². The van der Waals surface area contributed by atoms with Gasteiger partial charge < -0.3 is 10.1 Å². The van der Waals surface area contributed by atoms with E-state index in [0.717, 1.165) is 11.3 Å². The zero-order chi connectivity index (χ0) is 17.8. The van der Waals surface area contributed by atoms with Gasteiger partial charge in [-0.1, -0.05) is 6.07 Å². The number of ether oxygens (including phenoxy) is 1. The predicted octanol–water partition coefficient (Wildman–Crippen LogP) is 2.01. The van der Waals surface area contributed by atoms with Crippen molar-refractivity contribution in [3.63, 3.8) is 0 Å². The second kappa shape index (κ2) is 6.91. The lowest BCUT2D eigenvalue weighted by molar-refractivity contribution is 0.0600. The summed E-state index contributed by atoms with van der Waals surface area (Å²) in [6.45, 7) is 1.84. The highest BCUT2D eigenvalue weighted by molar-refractivity contribution is 6.05. The summed E-state index contributed by atoms with van der Waals surface area (Å²) in [6.07, 6.45) is 1.47. The van der Waals surface area contributed by atoms with Gasteiger partial charge in [-0.2, -0.15) is 0 Å². The zero-order valence-electron chi connectivity index (χ0n) is 13.6. The number of hydrogen-bond acceptors (Lipinski definition) is 6. The molecule has 0 aliphatic rings. The summed E-state index contributed by atoms with van der Waals surface area (Å²) in [4.78, 5) is 24.1. The molecule has 1 amide bonds. The fourth-order valence-corrected chi connectivity index (χ4v) is 2.24. The molecule has 8 heteroatoms. The van der Waals surface area contributed by atoms with Crippen LogP contribution in [0.25, 0.3) is 5.69 Å². The first-order chi connectivity index (χ1) is 12.1. The van der Waals surface area contributed by atoms with Gasteiger partial charge in [0.15, 0.2) is 0 Å². The number of carbonyl (C=O) groups excluding carboxylic acids is 2. The maximum atomic E-state index is 12.4. The Bertz CT molecular complexity index is 905. The molecular weight excluding hydrogens is 322 g/mol. The van der Waals surface area contributed by atoms with Crippen LogP contribution in [0.15, 0.2) is 48.8 Å². The largest absolute Gasteiger partial charge is 0.465 e. The molecule has 25 heavy (non-hydrogen) atoms. The Labute approximate surface area is 143 Å². The van der Waals surface area contributed by atoms with Crippen LogP contribution in [0, 0.1) is 6.92 Å². The van der Waals surface area contributed by atoms with Crippen molar-refractivity contribution < 1.29 is 14.3 Å². The highest BCUT2D eigenvalue weighted by Crippen LogP contribution is 2.19. The first kappa shape index (κ1) is 16.3. The Kier molecular flexibility index (Phi) is 4.51. The number of rotatable bonds is 4. The van der Waals surface area contributed by atoms with Crippen molar-refractivity contribution in [2.75, 3.05) is 12.4 Å². The van der Waals surface area contributed by atoms with Gasteiger partial charge in [-0.05, 0) is 59.3 Å². The highest BCUT2D eigenvalue weighted by Gasteiger charge is 2.12. The fraction of sp³-hybridized carbons (Fsp3) is 0.118. The molecule has 0 radical (unpaired) electrons. The predicted molar refractivity (Wildman–Crippen MR) is 89.6 cm³/mol. The number of benzene rings is 2. The number of aromatic nitrogens is 4. The third-order valence-electron chi connectivity index (χ3n) is 3.65. The summed E-state index contributed by atoms with van der Waals surface area (Å²) in [5.74, 6) is -0.741. The molecule has 0 saturated heterocycles. The molecule has 2 aromatic carbocycles. The van der Waals surface area contributed by atoms with Crippen LogP contribution in [0.1, 0.15) is 26.3 Å². The number of tetrazole rings is 1. The van der Waals surface area contributed by atoms with Crippen molar-refractivity contribution in [2.24, 2.45) is 0 Å². The van der Waals surface area contributed by atoms with Gasteiger partial charge in [0.25, 0.3) is 5.91 Å². The first-order valence-corrected chi connectivity index (χ1v) is 7.42. The second-order valence-electron chi connectivity index (χ2n) is 5.28. The topological polar surface area (TPSA) is 99.0 Å². The highest BCUT2D eigenvalue weighted by atomic mass is 16.5. The third kappa shape index (κ3) is 3.52. The minimum absolute atomic E-state index is 0.284. The number of anilines is 1. The zero-order valence-corrected chi connectivity index (χ0v) is 13.6. The molecule has 8 nitrogen and oxygen atoms in total. The lowest BCUT2D eigenvalue weighted by Gasteiger charge is -2.10. The number of nitrogens with zero attached hydrogens (tertiary/aromatic N) is 4. The van der Waals surface area contributed by atoms with Crippen LogP contribution in [0.5, 0.6) is 0 Å². The van der Waals surface area contributed by atoms with Crippen LogP contribution in [-0.4, -0.2) is 39.2 Å². The Morgan fingerprint density at radius 2 is 1.80 bits per heavy atom. The lowest BCUT2D eigenvalue weighted by atomic mass is 10.1. The van der Waals surface area contributed by atoms with Crippen LogP contribution in [0.4, 0.5) is 5.69 Å². The van der Waals surface area contributed by atoms with E-state index in [4.69, 9.17) is 4.74 Å². The summed E-state index contributed by atoms with van der Waals surface area (Å²) in [5.41, 5.74) is 2.98. The van der Waals surface area contributed by atoms with Crippen molar-refractivity contribution in [1.82, 2.24) is 20.2 Å². The minimum atomic E-state index is -0.457. The molecule has 0 aliphatic heterocycles. The summed E-state index contributed by atoms with van der Waals surface area (Å²) >= 11 is 0. The molecular formula is C17H15N5O3. The van der Waals surface area contributed by atoms with Gasteiger partial charge in [0, 0.05) is 11.3 Å². The maximum absolute atomic E-state index is 12.4. The van der Waals surface area contributed by atoms with E-state index in [0.29, 0.717) is 16.8 Å². The molecule has 126 valence electrons. The Hall–Kier alpha value is -3.55. The summed E-state index contributed by atoms with van der Waals surface area (Å²) < 4.78 is 6.19. The van der Waals surface area contributed by atoms with Crippen LogP contribution in [-0.2, 0) is 4.74 Å². The Morgan fingerprint density at radius 1 is 1.08 bits per heavy atom. The molecule has 0 atom stereocenters. The van der Waals surface area contributed by atoms with Crippen LogP contribution >= 0.6 is 0 Å². The average Bonchev–Trinajstić information content (AvgIpc) is 3.17. The summed E-state index contributed by atoms with van der Waals surface area (Å²) in [7, 11) is 1.31. The summed E-state index contributed by atoms with van der Waals surface area (Å²) in [6, 6.07) is 11.8. The molecule has 3 rings (SSSR count). The summed E-state index contributed by atoms with van der Waals surface area (Å²) in [5, 5.41) is 13.7. The van der Waals surface area contributed by atoms with Crippen LogP contribution < -0.4 is 5.32 Å². The molecule has 3 aromatic rings. The van der Waals surface area contributed by atoms with Crippen LogP contribution in [0.2, 0.25) is 0 Å².